The van der Waals surface area contributed by atoms with Gasteiger partial charge in [-0.15, -0.1) is 0 Å². The van der Waals surface area contributed by atoms with Crippen LogP contribution in [-0.4, -0.2) is 38.9 Å². The zero-order chi connectivity index (χ0) is 16.9. The quantitative estimate of drug-likeness (QED) is 0.650. The molecule has 0 fully saturated rings. The zero-order valence-corrected chi connectivity index (χ0v) is 12.8. The molecular formula is C10H7O9S3. The van der Waals surface area contributed by atoms with E-state index in [1.54, 1.807) is 0 Å². The Morgan fingerprint density at radius 1 is 0.773 bits per heavy atom. The molecule has 0 aliphatic carbocycles. The van der Waals surface area contributed by atoms with Crippen molar-refractivity contribution in [2.75, 3.05) is 0 Å². The molecule has 1 radical (unpaired) electrons. The molecule has 0 aliphatic heterocycles. The molecule has 0 atom stereocenters. The molecule has 22 heavy (non-hydrogen) atoms. The third-order valence-electron chi connectivity index (χ3n) is 2.66. The smallest absolute Gasteiger partial charge is 0.282 e. The van der Waals surface area contributed by atoms with Crippen LogP contribution in [0.1, 0.15) is 0 Å². The predicted molar refractivity (Wildman–Crippen MR) is 72.2 cm³/mol. The van der Waals surface area contributed by atoms with Crippen molar-refractivity contribution in [2.45, 2.75) is 14.7 Å². The number of hydrogen-bond acceptors (Lipinski definition) is 6. The Hall–Kier alpha value is -1.57. The second-order valence-corrected chi connectivity index (χ2v) is 8.28. The van der Waals surface area contributed by atoms with Crippen LogP contribution in [-0.2, 0) is 30.4 Å². The Morgan fingerprint density at radius 3 is 1.82 bits per heavy atom. The summed E-state index contributed by atoms with van der Waals surface area (Å²) in [6.45, 7) is 0. The van der Waals surface area contributed by atoms with Gasteiger partial charge < -0.3 is 0 Å². The fourth-order valence-corrected chi connectivity index (χ4v) is 3.82. The number of rotatable bonds is 3. The Bertz CT molecular complexity index is 1080. The van der Waals surface area contributed by atoms with Crippen LogP contribution in [0.5, 0.6) is 0 Å². The highest BCUT2D eigenvalue weighted by molar-refractivity contribution is 7.87. The van der Waals surface area contributed by atoms with Gasteiger partial charge in [0.05, 0.1) is 4.90 Å². The van der Waals surface area contributed by atoms with Crippen LogP contribution in [0.4, 0.5) is 0 Å². The fourth-order valence-electron chi connectivity index (χ4n) is 1.82. The van der Waals surface area contributed by atoms with Gasteiger partial charge in [-0.25, -0.2) is 0 Å². The maximum atomic E-state index is 11.3. The molecular weight excluding hydrogens is 360 g/mol. The minimum atomic E-state index is -4.94. The van der Waals surface area contributed by atoms with E-state index in [1.807, 2.05) is 0 Å². The van der Waals surface area contributed by atoms with Gasteiger partial charge in [-0.05, 0) is 12.1 Å². The van der Waals surface area contributed by atoms with Gasteiger partial charge in [0.2, 0.25) is 0 Å². The van der Waals surface area contributed by atoms with Crippen molar-refractivity contribution in [2.24, 2.45) is 0 Å². The van der Waals surface area contributed by atoms with E-state index in [-0.39, 0.29) is 5.39 Å². The minimum Gasteiger partial charge on any atom is -0.282 e. The van der Waals surface area contributed by atoms with Crippen LogP contribution in [0.15, 0.2) is 39.0 Å². The fraction of sp³-hybridized carbons (Fsp3) is 0. The topological polar surface area (TPSA) is 163 Å². The summed E-state index contributed by atoms with van der Waals surface area (Å²) in [6, 6.07) is 5.22. The van der Waals surface area contributed by atoms with Gasteiger partial charge in [-0.3, -0.25) is 13.7 Å². The SMILES string of the molecule is O=S(=O)(O)c1cc(S(=O)(=O)O)c2cc[c]c(S(=O)(=O)O)c2c1. The molecule has 3 N–H and O–H groups in total. The van der Waals surface area contributed by atoms with E-state index in [9.17, 15) is 25.3 Å². The first-order valence-electron chi connectivity index (χ1n) is 5.23. The first-order valence-corrected chi connectivity index (χ1v) is 9.55. The van der Waals surface area contributed by atoms with Crippen LogP contribution in [0.25, 0.3) is 10.8 Å². The molecule has 0 heterocycles. The molecule has 9 nitrogen and oxygen atoms in total. The summed E-state index contributed by atoms with van der Waals surface area (Å²) in [4.78, 5) is -2.82. The Morgan fingerprint density at radius 2 is 1.36 bits per heavy atom. The van der Waals surface area contributed by atoms with E-state index in [2.05, 4.69) is 6.07 Å². The summed E-state index contributed by atoms with van der Waals surface area (Å²) in [5.41, 5.74) is 0. The average Bonchev–Trinajstić information content (AvgIpc) is 2.33. The van der Waals surface area contributed by atoms with Crippen molar-refractivity contribution < 1.29 is 38.9 Å². The summed E-state index contributed by atoms with van der Waals surface area (Å²) in [5, 5.41) is -0.922. The Labute approximate surface area is 125 Å². The molecule has 0 amide bonds. The standard InChI is InChI=1S/C10H7O9S3/c11-20(12,13)6-4-8-7(10(5-6)22(17,18)19)2-1-3-9(8)21(14,15)16/h1-2,4-5H,(H,11,12,13)(H,14,15,16)(H,17,18,19). The summed E-state index contributed by atoms with van der Waals surface area (Å²) in [5.74, 6) is 0. The van der Waals surface area contributed by atoms with Crippen LogP contribution < -0.4 is 0 Å². The van der Waals surface area contributed by atoms with Crippen molar-refractivity contribution in [1.29, 1.82) is 0 Å². The maximum Gasteiger partial charge on any atom is 0.295 e. The summed E-state index contributed by atoms with van der Waals surface area (Å²) < 4.78 is 94.8. The van der Waals surface area contributed by atoms with E-state index in [4.69, 9.17) is 13.7 Å². The van der Waals surface area contributed by atoms with Crippen molar-refractivity contribution in [3.05, 3.63) is 30.3 Å². The van der Waals surface area contributed by atoms with Gasteiger partial charge >= 0.3 is 0 Å². The predicted octanol–water partition coefficient (Wildman–Crippen LogP) is 0.380. The van der Waals surface area contributed by atoms with Crippen LogP contribution >= 0.6 is 0 Å². The number of fused-ring (bicyclic) bond motifs is 1. The summed E-state index contributed by atoms with van der Waals surface area (Å²) in [6.07, 6.45) is 0. The van der Waals surface area contributed by atoms with Crippen LogP contribution in [0.2, 0.25) is 0 Å². The Balaban J connectivity index is 3.17. The lowest BCUT2D eigenvalue weighted by Crippen LogP contribution is -2.06. The van der Waals surface area contributed by atoms with Gasteiger partial charge in [-0.1, -0.05) is 12.1 Å². The lowest BCUT2D eigenvalue weighted by atomic mass is 10.1. The van der Waals surface area contributed by atoms with Crippen molar-refractivity contribution in [1.82, 2.24) is 0 Å². The molecule has 2 aromatic rings. The third-order valence-corrected chi connectivity index (χ3v) is 5.24. The second-order valence-electron chi connectivity index (χ2n) is 4.11. The number of benzene rings is 2. The van der Waals surface area contributed by atoms with Crippen molar-refractivity contribution >= 4 is 41.1 Å². The normalized spacial score (nSPS) is 13.4. The van der Waals surface area contributed by atoms with E-state index in [0.717, 1.165) is 12.1 Å². The lowest BCUT2D eigenvalue weighted by Gasteiger charge is -2.09. The molecule has 0 saturated carbocycles. The highest BCUT2D eigenvalue weighted by Gasteiger charge is 2.24. The highest BCUT2D eigenvalue weighted by Crippen LogP contribution is 2.31. The van der Waals surface area contributed by atoms with Crippen LogP contribution in [0.3, 0.4) is 0 Å². The Kier molecular flexibility index (Phi) is 3.80. The first-order chi connectivity index (χ1) is 9.82. The molecule has 0 spiro atoms. The van der Waals surface area contributed by atoms with E-state index < -0.39 is 50.4 Å². The van der Waals surface area contributed by atoms with Crippen LogP contribution in [0, 0.1) is 6.07 Å². The number of hydrogen-bond donors (Lipinski definition) is 3. The van der Waals surface area contributed by atoms with Gasteiger partial charge in [0, 0.05) is 16.8 Å². The van der Waals surface area contributed by atoms with Gasteiger partial charge in [0.1, 0.15) is 9.79 Å². The largest absolute Gasteiger partial charge is 0.295 e. The van der Waals surface area contributed by atoms with E-state index in [1.165, 1.54) is 0 Å². The molecule has 2 rings (SSSR count). The third kappa shape index (κ3) is 3.11. The zero-order valence-electron chi connectivity index (χ0n) is 10.3. The van der Waals surface area contributed by atoms with Crippen molar-refractivity contribution in [3.63, 3.8) is 0 Å². The molecule has 0 saturated heterocycles. The molecule has 0 aromatic heterocycles. The lowest BCUT2D eigenvalue weighted by molar-refractivity contribution is 0.478. The minimum absolute atomic E-state index is 0.374. The molecule has 0 bridgehead atoms. The monoisotopic (exact) mass is 367 g/mol. The van der Waals surface area contributed by atoms with Gasteiger partial charge in [0.25, 0.3) is 30.4 Å². The van der Waals surface area contributed by atoms with E-state index >= 15 is 0 Å². The van der Waals surface area contributed by atoms with Gasteiger partial charge in [-0.2, -0.15) is 25.3 Å². The molecule has 0 aliphatic rings. The average molecular weight is 367 g/mol. The molecule has 119 valence electrons. The molecule has 0 unspecified atom stereocenters. The van der Waals surface area contributed by atoms with Crippen molar-refractivity contribution in [3.8, 4) is 0 Å². The highest BCUT2D eigenvalue weighted by atomic mass is 32.2. The molecule has 12 heteroatoms. The second kappa shape index (κ2) is 4.97. The first kappa shape index (κ1) is 16.8. The summed E-state index contributed by atoms with van der Waals surface area (Å²) in [7, 11) is -14.7. The molecule has 2 aromatic carbocycles. The summed E-state index contributed by atoms with van der Waals surface area (Å²) >= 11 is 0. The van der Waals surface area contributed by atoms with Gasteiger partial charge in [0.15, 0.2) is 0 Å². The maximum absolute atomic E-state index is 11.3. The van der Waals surface area contributed by atoms with E-state index in [0.29, 0.717) is 12.1 Å².